The molecule has 0 bridgehead atoms. The van der Waals surface area contributed by atoms with E-state index in [1.165, 1.54) is 0 Å². The lowest BCUT2D eigenvalue weighted by Gasteiger charge is -2.61. The number of hydrogen-bond donors (Lipinski definition) is 2. The van der Waals surface area contributed by atoms with Crippen LogP contribution in [-0.2, 0) is 9.59 Å². The summed E-state index contributed by atoms with van der Waals surface area (Å²) in [4.78, 5) is 24.9. The molecule has 0 aromatic carbocycles. The summed E-state index contributed by atoms with van der Waals surface area (Å²) < 4.78 is 0. The van der Waals surface area contributed by atoms with Crippen molar-refractivity contribution in [1.82, 2.24) is 0 Å². The van der Waals surface area contributed by atoms with Crippen molar-refractivity contribution in [1.29, 1.82) is 0 Å². The molecule has 0 saturated heterocycles. The summed E-state index contributed by atoms with van der Waals surface area (Å²) in [6, 6.07) is 0. The van der Waals surface area contributed by atoms with Crippen LogP contribution in [-0.4, -0.2) is 28.1 Å². The summed E-state index contributed by atoms with van der Waals surface area (Å²) in [6.45, 7) is 9.04. The minimum absolute atomic E-state index is 0.114. The largest absolute Gasteiger partial charge is 0.481 e. The molecule has 4 heteroatoms. The summed E-state index contributed by atoms with van der Waals surface area (Å²) in [7, 11) is 0. The first-order chi connectivity index (χ1) is 14.1. The van der Waals surface area contributed by atoms with E-state index in [0.717, 1.165) is 56.9 Å². The third-order valence-electron chi connectivity index (χ3n) is 10.3. The topological polar surface area (TPSA) is 74.6 Å². The highest BCUT2D eigenvalue weighted by molar-refractivity contribution is 5.99. The van der Waals surface area contributed by atoms with Gasteiger partial charge in [0.25, 0.3) is 0 Å². The maximum Gasteiger partial charge on any atom is 0.303 e. The van der Waals surface area contributed by atoms with Crippen molar-refractivity contribution < 1.29 is 19.8 Å². The minimum atomic E-state index is -0.705. The molecule has 30 heavy (non-hydrogen) atoms. The average molecular weight is 417 g/mol. The SMILES string of the molecule is C/C=C1\C(=O)[C@H]2C3CCC(C(C)CCC(=O)O)[C@@]3(C)CCC2[C@@]2(C)CC[C@@H](O)C[C@@H]12. The van der Waals surface area contributed by atoms with Gasteiger partial charge in [0.05, 0.1) is 6.10 Å². The lowest BCUT2D eigenvalue weighted by atomic mass is 9.43. The van der Waals surface area contributed by atoms with Gasteiger partial charge in [-0.15, -0.1) is 0 Å². The average Bonchev–Trinajstić information content (AvgIpc) is 3.05. The third-order valence-corrected chi connectivity index (χ3v) is 10.3. The molecule has 0 heterocycles. The molecule has 168 valence electrons. The van der Waals surface area contributed by atoms with Crippen LogP contribution in [0.1, 0.15) is 85.5 Å². The first-order valence-electron chi connectivity index (χ1n) is 12.2. The van der Waals surface area contributed by atoms with Crippen molar-refractivity contribution in [3.63, 3.8) is 0 Å². The van der Waals surface area contributed by atoms with Gasteiger partial charge >= 0.3 is 5.97 Å². The van der Waals surface area contributed by atoms with Crippen LogP contribution < -0.4 is 0 Å². The number of fused-ring (bicyclic) bond motifs is 5. The van der Waals surface area contributed by atoms with Gasteiger partial charge in [0.1, 0.15) is 0 Å². The van der Waals surface area contributed by atoms with Gasteiger partial charge in [0.15, 0.2) is 5.78 Å². The molecule has 0 spiro atoms. The van der Waals surface area contributed by atoms with Crippen LogP contribution >= 0.6 is 0 Å². The number of carbonyl (C=O) groups excluding carboxylic acids is 1. The molecule has 4 saturated carbocycles. The van der Waals surface area contributed by atoms with Gasteiger partial charge in [-0.25, -0.2) is 0 Å². The zero-order valence-corrected chi connectivity index (χ0v) is 19.2. The Morgan fingerprint density at radius 2 is 1.80 bits per heavy atom. The summed E-state index contributed by atoms with van der Waals surface area (Å²) in [5, 5.41) is 19.5. The van der Waals surface area contributed by atoms with Crippen LogP contribution in [0.2, 0.25) is 0 Å². The lowest BCUT2D eigenvalue weighted by Crippen LogP contribution is -2.58. The predicted octanol–water partition coefficient (Wildman–Crippen LogP) is 5.24. The Morgan fingerprint density at radius 1 is 1.13 bits per heavy atom. The van der Waals surface area contributed by atoms with Gasteiger partial charge in [0.2, 0.25) is 0 Å². The van der Waals surface area contributed by atoms with Crippen LogP contribution in [0.15, 0.2) is 11.6 Å². The Labute approximate surface area is 181 Å². The van der Waals surface area contributed by atoms with E-state index in [0.29, 0.717) is 29.5 Å². The fourth-order valence-electron chi connectivity index (χ4n) is 8.72. The number of aliphatic carboxylic acids is 1. The monoisotopic (exact) mass is 416 g/mol. The number of allylic oxidation sites excluding steroid dienone is 2. The summed E-state index contributed by atoms with van der Waals surface area (Å²) in [5.74, 6) is 1.74. The van der Waals surface area contributed by atoms with E-state index in [1.807, 2.05) is 13.0 Å². The highest BCUT2D eigenvalue weighted by atomic mass is 16.4. The zero-order chi connectivity index (χ0) is 21.8. The molecule has 0 aromatic heterocycles. The molecule has 2 N–H and O–H groups in total. The molecule has 9 atom stereocenters. The fourth-order valence-corrected chi connectivity index (χ4v) is 8.72. The number of aliphatic hydroxyl groups is 1. The fraction of sp³-hybridized carbons (Fsp3) is 0.846. The number of carbonyl (C=O) groups is 2. The van der Waals surface area contributed by atoms with E-state index in [-0.39, 0.29) is 35.2 Å². The first-order valence-corrected chi connectivity index (χ1v) is 12.2. The highest BCUT2D eigenvalue weighted by Gasteiger charge is 2.64. The van der Waals surface area contributed by atoms with Crippen LogP contribution in [0.5, 0.6) is 0 Å². The van der Waals surface area contributed by atoms with Crippen LogP contribution in [0.4, 0.5) is 0 Å². The van der Waals surface area contributed by atoms with Gasteiger partial charge in [-0.3, -0.25) is 9.59 Å². The van der Waals surface area contributed by atoms with Crippen molar-refractivity contribution in [3.8, 4) is 0 Å². The number of ketones is 1. The maximum atomic E-state index is 13.8. The number of rotatable bonds is 4. The van der Waals surface area contributed by atoms with E-state index in [4.69, 9.17) is 5.11 Å². The van der Waals surface area contributed by atoms with E-state index >= 15 is 0 Å². The van der Waals surface area contributed by atoms with Crippen LogP contribution in [0.3, 0.4) is 0 Å². The summed E-state index contributed by atoms with van der Waals surface area (Å²) >= 11 is 0. The Hall–Kier alpha value is -1.16. The maximum absolute atomic E-state index is 13.8. The van der Waals surface area contributed by atoms with Gasteiger partial charge in [-0.1, -0.05) is 26.8 Å². The van der Waals surface area contributed by atoms with E-state index in [1.54, 1.807) is 0 Å². The second-order valence-corrected chi connectivity index (χ2v) is 11.5. The zero-order valence-electron chi connectivity index (χ0n) is 19.2. The summed E-state index contributed by atoms with van der Waals surface area (Å²) in [6.07, 6.45) is 9.86. The van der Waals surface area contributed by atoms with Gasteiger partial charge in [-0.2, -0.15) is 0 Å². The molecule has 0 amide bonds. The highest BCUT2D eigenvalue weighted by Crippen LogP contribution is 2.68. The second kappa shape index (κ2) is 7.76. The van der Waals surface area contributed by atoms with E-state index in [2.05, 4.69) is 20.8 Å². The smallest absolute Gasteiger partial charge is 0.303 e. The molecule has 4 aliphatic carbocycles. The molecule has 0 radical (unpaired) electrons. The van der Waals surface area contributed by atoms with Gasteiger partial charge in [-0.05, 0) is 104 Å². The molecule has 0 aromatic rings. The molecule has 4 fully saturated rings. The lowest BCUT2D eigenvalue weighted by molar-refractivity contribution is -0.150. The Morgan fingerprint density at radius 3 is 2.47 bits per heavy atom. The molecule has 4 aliphatic rings. The molecular weight excluding hydrogens is 376 g/mol. The number of Topliss-reactive ketones (excluding diaryl/α,β-unsaturated/α-hetero) is 1. The minimum Gasteiger partial charge on any atom is -0.481 e. The van der Waals surface area contributed by atoms with Gasteiger partial charge < -0.3 is 10.2 Å². The van der Waals surface area contributed by atoms with E-state index in [9.17, 15) is 14.7 Å². The standard InChI is InChI=1S/C26H40O4/c1-5-17-21-14-16(27)10-12-26(21,4)20-11-13-25(3)18(15(2)6-9-22(28)29)7-8-19(25)23(20)24(17)30/h5,15-16,18-21,23,27H,6-14H2,1-4H3,(H,28,29)/b17-5-/t15?,16-,18?,19?,20?,21+,23+,25-,26-/m1/s1. The number of hydrogen-bond acceptors (Lipinski definition) is 3. The third kappa shape index (κ3) is 3.20. The molecule has 4 rings (SSSR count). The molecular formula is C26H40O4. The van der Waals surface area contributed by atoms with E-state index < -0.39 is 5.97 Å². The van der Waals surface area contributed by atoms with Crippen molar-refractivity contribution in [2.45, 2.75) is 91.6 Å². The van der Waals surface area contributed by atoms with Crippen LogP contribution in [0, 0.1) is 46.3 Å². The van der Waals surface area contributed by atoms with Crippen molar-refractivity contribution in [3.05, 3.63) is 11.6 Å². The van der Waals surface area contributed by atoms with Gasteiger partial charge in [0, 0.05) is 12.3 Å². The number of carboxylic acid groups (broad SMARTS) is 1. The number of aliphatic hydroxyl groups excluding tert-OH is 1. The normalized spacial score (nSPS) is 48.0. The quantitative estimate of drug-likeness (QED) is 0.614. The Kier molecular flexibility index (Phi) is 5.70. The summed E-state index contributed by atoms with van der Waals surface area (Å²) in [5.41, 5.74) is 1.25. The van der Waals surface area contributed by atoms with Crippen molar-refractivity contribution >= 4 is 11.8 Å². The van der Waals surface area contributed by atoms with Crippen molar-refractivity contribution in [2.75, 3.05) is 0 Å². The molecule has 0 aliphatic heterocycles. The number of carboxylic acids is 1. The van der Waals surface area contributed by atoms with Crippen LogP contribution in [0.25, 0.3) is 0 Å². The predicted molar refractivity (Wildman–Crippen MR) is 117 cm³/mol. The Balaban J connectivity index is 1.64. The Bertz CT molecular complexity index is 741. The van der Waals surface area contributed by atoms with Crippen molar-refractivity contribution in [2.24, 2.45) is 46.3 Å². The second-order valence-electron chi connectivity index (χ2n) is 11.5. The molecule has 4 nitrogen and oxygen atoms in total. The molecule has 4 unspecified atom stereocenters. The first kappa shape index (κ1) is 22.0.